The maximum absolute atomic E-state index is 13.1. The highest BCUT2D eigenvalue weighted by Gasteiger charge is 2.39. The highest BCUT2D eigenvalue weighted by atomic mass is 32.2. The molecule has 0 unspecified atom stereocenters. The molecular weight excluding hydrogens is 472 g/mol. The summed E-state index contributed by atoms with van der Waals surface area (Å²) >= 11 is 0. The van der Waals surface area contributed by atoms with Gasteiger partial charge in [-0.05, 0) is 43.4 Å². The topological polar surface area (TPSA) is 143 Å². The minimum atomic E-state index is -3.27. The number of nitrogens with zero attached hydrogens (tertiary/aromatic N) is 3. The van der Waals surface area contributed by atoms with Crippen molar-refractivity contribution in [3.63, 3.8) is 0 Å². The van der Waals surface area contributed by atoms with Gasteiger partial charge in [-0.3, -0.25) is 10.1 Å². The van der Waals surface area contributed by atoms with Crippen molar-refractivity contribution in [2.24, 2.45) is 0 Å². The number of methoxy groups -OCH3 is 1. The van der Waals surface area contributed by atoms with Crippen molar-refractivity contribution in [2.45, 2.75) is 43.6 Å². The molecule has 2 aromatic rings. The third-order valence-corrected chi connectivity index (χ3v) is 7.27. The lowest BCUT2D eigenvalue weighted by Gasteiger charge is -2.42. The van der Waals surface area contributed by atoms with Crippen LogP contribution in [0.3, 0.4) is 0 Å². The first-order valence-electron chi connectivity index (χ1n) is 11.5. The highest BCUT2D eigenvalue weighted by molar-refractivity contribution is 7.88. The summed E-state index contributed by atoms with van der Waals surface area (Å²) in [5.41, 5.74) is 1.60. The number of benzene rings is 1. The van der Waals surface area contributed by atoms with E-state index in [0.29, 0.717) is 25.4 Å². The summed E-state index contributed by atoms with van der Waals surface area (Å²) in [5, 5.41) is 5.30. The minimum absolute atomic E-state index is 0.183. The average Bonchev–Trinajstić information content (AvgIpc) is 2.80. The molecule has 2 aliphatic rings. The number of nitrogens with one attached hydrogen (secondary N) is 3. The van der Waals surface area contributed by atoms with Gasteiger partial charge < -0.3 is 15.0 Å². The van der Waals surface area contributed by atoms with Gasteiger partial charge >= 0.3 is 6.03 Å². The largest absolute Gasteiger partial charge is 0.480 e. The van der Waals surface area contributed by atoms with Crippen molar-refractivity contribution in [1.82, 2.24) is 20.0 Å². The van der Waals surface area contributed by atoms with Gasteiger partial charge in [0.25, 0.3) is 0 Å². The van der Waals surface area contributed by atoms with Gasteiger partial charge in [0.05, 0.1) is 25.8 Å². The lowest BCUT2D eigenvalue weighted by Crippen LogP contribution is -2.53. The van der Waals surface area contributed by atoms with Crippen molar-refractivity contribution in [2.75, 3.05) is 36.7 Å². The Morgan fingerprint density at radius 2 is 1.91 bits per heavy atom. The number of hydrogen-bond donors (Lipinski definition) is 3. The third-order valence-electron chi connectivity index (χ3n) is 6.60. The lowest BCUT2D eigenvalue weighted by molar-refractivity contribution is -0.121. The van der Waals surface area contributed by atoms with Gasteiger partial charge in [-0.25, -0.2) is 27.9 Å². The molecule has 1 aliphatic heterocycles. The van der Waals surface area contributed by atoms with Crippen molar-refractivity contribution in [3.05, 3.63) is 42.2 Å². The minimum Gasteiger partial charge on any atom is -0.480 e. The molecule has 2 fully saturated rings. The number of sulfonamides is 1. The van der Waals surface area contributed by atoms with E-state index in [-0.39, 0.29) is 17.1 Å². The second kappa shape index (κ2) is 10.2. The summed E-state index contributed by atoms with van der Waals surface area (Å²) in [6.45, 7) is 0.927. The molecule has 0 radical (unpaired) electrons. The second-order valence-electron chi connectivity index (χ2n) is 9.00. The van der Waals surface area contributed by atoms with Gasteiger partial charge in [0.15, 0.2) is 5.82 Å². The predicted molar refractivity (Wildman–Crippen MR) is 131 cm³/mol. The van der Waals surface area contributed by atoms with Crippen LogP contribution in [-0.2, 0) is 20.2 Å². The molecule has 1 saturated heterocycles. The Morgan fingerprint density at radius 3 is 2.49 bits per heavy atom. The van der Waals surface area contributed by atoms with E-state index < -0.39 is 22.1 Å². The lowest BCUT2D eigenvalue weighted by atomic mass is 9.64. The number of rotatable bonds is 8. The number of amides is 3. The Morgan fingerprint density at radius 1 is 1.17 bits per heavy atom. The fraction of sp³-hybridized carbons (Fsp3) is 0.478. The van der Waals surface area contributed by atoms with Gasteiger partial charge in [-0.1, -0.05) is 18.6 Å². The third kappa shape index (κ3) is 5.88. The van der Waals surface area contributed by atoms with Crippen LogP contribution in [-0.4, -0.2) is 62.8 Å². The first-order chi connectivity index (χ1) is 16.7. The molecule has 1 atom stereocenters. The Balaban J connectivity index is 1.39. The molecule has 188 valence electrons. The van der Waals surface area contributed by atoms with Gasteiger partial charge in [0, 0.05) is 24.2 Å². The van der Waals surface area contributed by atoms with Gasteiger partial charge in [0.2, 0.25) is 21.8 Å². The molecule has 1 saturated carbocycles. The van der Waals surface area contributed by atoms with Crippen LogP contribution in [0.15, 0.2) is 36.7 Å². The predicted octanol–water partition coefficient (Wildman–Crippen LogP) is 1.77. The fourth-order valence-electron chi connectivity index (χ4n) is 4.50. The SMILES string of the molecule is COc1cnc(NC(=O)N[C@H]2CCCN(c3ccc(C4(CNS(C)(=O)=O)CCC4)cc3)C2=O)cn1. The summed E-state index contributed by atoms with van der Waals surface area (Å²) in [7, 11) is -1.80. The summed E-state index contributed by atoms with van der Waals surface area (Å²) in [5.74, 6) is 0.390. The summed E-state index contributed by atoms with van der Waals surface area (Å²) in [4.78, 5) is 35.2. The Bertz CT molecular complexity index is 1170. The molecule has 1 aromatic carbocycles. The van der Waals surface area contributed by atoms with Crippen molar-refractivity contribution < 1.29 is 22.7 Å². The monoisotopic (exact) mass is 502 g/mol. The zero-order chi connectivity index (χ0) is 25.1. The van der Waals surface area contributed by atoms with Gasteiger partial charge in [-0.2, -0.15) is 0 Å². The first-order valence-corrected chi connectivity index (χ1v) is 13.4. The molecule has 0 spiro atoms. The molecule has 4 rings (SSSR count). The zero-order valence-corrected chi connectivity index (χ0v) is 20.6. The van der Waals surface area contributed by atoms with Gasteiger partial charge in [-0.15, -0.1) is 0 Å². The van der Waals surface area contributed by atoms with Crippen LogP contribution in [0, 0.1) is 0 Å². The van der Waals surface area contributed by atoms with Crippen LogP contribution < -0.4 is 25.0 Å². The molecule has 3 N–H and O–H groups in total. The molecular formula is C23H30N6O5S. The molecule has 35 heavy (non-hydrogen) atoms. The van der Waals surface area contributed by atoms with E-state index in [4.69, 9.17) is 4.74 Å². The fourth-order valence-corrected chi connectivity index (χ4v) is 5.04. The van der Waals surface area contributed by atoms with E-state index >= 15 is 0 Å². The standard InChI is InChI=1S/C23H30N6O5S/c1-34-20-14-24-19(13-25-20)28-22(31)27-18-5-3-12-29(21(18)30)17-8-6-16(7-9-17)23(10-4-11-23)15-26-35(2,32)33/h6-9,13-14,18,26H,3-5,10-12,15H2,1-2H3,(H2,24,27,28,31)/t18-/m0/s1. The molecule has 2 heterocycles. The first kappa shape index (κ1) is 24.9. The van der Waals surface area contributed by atoms with E-state index in [2.05, 4.69) is 25.3 Å². The number of piperidine rings is 1. The Kier molecular flexibility index (Phi) is 7.22. The maximum Gasteiger partial charge on any atom is 0.321 e. The molecule has 12 heteroatoms. The summed E-state index contributed by atoms with van der Waals surface area (Å²) < 4.78 is 30.7. The smallest absolute Gasteiger partial charge is 0.321 e. The summed E-state index contributed by atoms with van der Waals surface area (Å²) in [6, 6.07) is 6.53. The highest BCUT2D eigenvalue weighted by Crippen LogP contribution is 2.43. The number of hydrogen-bond acceptors (Lipinski definition) is 7. The van der Waals surface area contributed by atoms with E-state index in [1.165, 1.54) is 25.8 Å². The van der Waals surface area contributed by atoms with Crippen LogP contribution in [0.5, 0.6) is 5.88 Å². The Labute approximate surface area is 204 Å². The van der Waals surface area contributed by atoms with Crippen molar-refractivity contribution in [3.8, 4) is 5.88 Å². The van der Waals surface area contributed by atoms with Crippen LogP contribution >= 0.6 is 0 Å². The molecule has 1 aliphatic carbocycles. The van der Waals surface area contributed by atoms with Crippen LogP contribution in [0.1, 0.15) is 37.7 Å². The van der Waals surface area contributed by atoms with Gasteiger partial charge in [0.1, 0.15) is 6.04 Å². The molecule has 3 amide bonds. The van der Waals surface area contributed by atoms with Crippen molar-refractivity contribution >= 4 is 33.5 Å². The van der Waals surface area contributed by atoms with E-state index in [1.54, 1.807) is 4.90 Å². The number of urea groups is 1. The zero-order valence-electron chi connectivity index (χ0n) is 19.8. The van der Waals surface area contributed by atoms with E-state index in [9.17, 15) is 18.0 Å². The summed E-state index contributed by atoms with van der Waals surface area (Å²) in [6.07, 6.45) is 8.08. The Hall–Kier alpha value is -3.25. The number of ether oxygens (including phenoxy) is 1. The maximum atomic E-state index is 13.1. The molecule has 0 bridgehead atoms. The normalized spacial score (nSPS) is 19.5. The number of carbonyl (C=O) groups excluding carboxylic acids is 2. The average molecular weight is 503 g/mol. The van der Waals surface area contributed by atoms with Crippen LogP contribution in [0.25, 0.3) is 0 Å². The van der Waals surface area contributed by atoms with Crippen LogP contribution in [0.4, 0.5) is 16.3 Å². The van der Waals surface area contributed by atoms with E-state index in [0.717, 1.165) is 36.9 Å². The number of carbonyl (C=O) groups is 2. The molecule has 1 aromatic heterocycles. The molecule has 11 nitrogen and oxygen atoms in total. The number of aromatic nitrogens is 2. The van der Waals surface area contributed by atoms with Crippen molar-refractivity contribution in [1.29, 1.82) is 0 Å². The van der Waals surface area contributed by atoms with Crippen LogP contribution in [0.2, 0.25) is 0 Å². The quantitative estimate of drug-likeness (QED) is 0.499. The van der Waals surface area contributed by atoms with E-state index in [1.807, 2.05) is 24.3 Å². The number of anilines is 2. The second-order valence-corrected chi connectivity index (χ2v) is 10.8.